The number of ether oxygens (including phenoxy) is 1. The van der Waals surface area contributed by atoms with Gasteiger partial charge in [0.1, 0.15) is 5.78 Å². The average molecular weight is 225 g/mol. The lowest BCUT2D eigenvalue weighted by Crippen LogP contribution is -2.65. The summed E-state index contributed by atoms with van der Waals surface area (Å²) in [6, 6.07) is 0. The third kappa shape index (κ3) is 2.64. The number of hydrogen-bond donors (Lipinski definition) is 0. The lowest BCUT2D eigenvalue weighted by molar-refractivity contribution is -0.186. The molecule has 3 nitrogen and oxygen atoms in total. The molecule has 92 valence electrons. The van der Waals surface area contributed by atoms with E-state index in [9.17, 15) is 4.79 Å². The number of ketones is 1. The number of Topliss-reactive ketones (excluding diaryl/α,β-unsaturated/α-hetero) is 1. The van der Waals surface area contributed by atoms with E-state index in [1.165, 1.54) is 12.8 Å². The highest BCUT2D eigenvalue weighted by Gasteiger charge is 2.53. The molecule has 1 aliphatic carbocycles. The number of carbonyl (C=O) groups excluding carboxylic acids is 1. The van der Waals surface area contributed by atoms with Gasteiger partial charge in [-0.2, -0.15) is 0 Å². The van der Waals surface area contributed by atoms with E-state index in [0.717, 1.165) is 13.1 Å². The molecule has 1 heterocycles. The molecule has 1 spiro atoms. The van der Waals surface area contributed by atoms with Crippen molar-refractivity contribution in [2.45, 2.75) is 52.2 Å². The van der Waals surface area contributed by atoms with E-state index in [4.69, 9.17) is 4.74 Å². The molecule has 2 fully saturated rings. The second-order valence-corrected chi connectivity index (χ2v) is 6.61. The maximum atomic E-state index is 10.9. The predicted octanol–water partition coefficient (Wildman–Crippen LogP) is 1.85. The molecule has 0 unspecified atom stereocenters. The van der Waals surface area contributed by atoms with Crippen LogP contribution in [0, 0.1) is 5.41 Å². The van der Waals surface area contributed by atoms with Crippen LogP contribution in [0.1, 0.15) is 40.5 Å². The van der Waals surface area contributed by atoms with Gasteiger partial charge in [0, 0.05) is 18.5 Å². The Hall–Kier alpha value is -0.410. The first kappa shape index (κ1) is 12.1. The predicted molar refractivity (Wildman–Crippen MR) is 63.4 cm³/mol. The lowest BCUT2D eigenvalue weighted by atomic mass is 9.61. The zero-order chi connectivity index (χ0) is 12.0. The summed E-state index contributed by atoms with van der Waals surface area (Å²) in [5.41, 5.74) is 0.473. The number of likely N-dealkylation sites (tertiary alicyclic amines) is 1. The molecule has 0 amide bonds. The molecule has 1 saturated heterocycles. The first-order valence-corrected chi connectivity index (χ1v) is 6.18. The zero-order valence-electron chi connectivity index (χ0n) is 10.9. The molecule has 0 atom stereocenters. The van der Waals surface area contributed by atoms with E-state index in [0.29, 0.717) is 18.1 Å². The van der Waals surface area contributed by atoms with Gasteiger partial charge in [-0.3, -0.25) is 9.69 Å². The normalized spacial score (nSPS) is 25.2. The topological polar surface area (TPSA) is 29.5 Å². The Morgan fingerprint density at radius 3 is 2.38 bits per heavy atom. The smallest absolute Gasteiger partial charge is 0.143 e. The van der Waals surface area contributed by atoms with Gasteiger partial charge in [-0.15, -0.1) is 0 Å². The monoisotopic (exact) mass is 225 g/mol. The zero-order valence-corrected chi connectivity index (χ0v) is 10.9. The number of nitrogens with zero attached hydrogens (tertiary/aromatic N) is 1. The molecule has 1 aliphatic heterocycles. The highest BCUT2D eigenvalue weighted by atomic mass is 16.5. The van der Waals surface area contributed by atoms with E-state index in [1.54, 1.807) is 6.92 Å². The average Bonchev–Trinajstić information content (AvgIpc) is 1.92. The van der Waals surface area contributed by atoms with E-state index < -0.39 is 0 Å². The molecule has 0 bridgehead atoms. The van der Waals surface area contributed by atoms with Crippen molar-refractivity contribution in [2.75, 3.05) is 19.6 Å². The Kier molecular flexibility index (Phi) is 2.87. The highest BCUT2D eigenvalue weighted by molar-refractivity contribution is 5.77. The molecule has 1 saturated carbocycles. The Morgan fingerprint density at radius 2 is 1.94 bits per heavy atom. The SMILES string of the molecule is CC(=O)CN1CC2(CC(OC(C)(C)C)C2)C1. The van der Waals surface area contributed by atoms with Crippen LogP contribution in [0.25, 0.3) is 0 Å². The molecule has 2 aliphatic rings. The van der Waals surface area contributed by atoms with Crippen molar-refractivity contribution in [3.63, 3.8) is 0 Å². The van der Waals surface area contributed by atoms with Gasteiger partial charge in [0.2, 0.25) is 0 Å². The summed E-state index contributed by atoms with van der Waals surface area (Å²) in [4.78, 5) is 13.2. The van der Waals surface area contributed by atoms with Gasteiger partial charge in [0.25, 0.3) is 0 Å². The maximum Gasteiger partial charge on any atom is 0.143 e. The summed E-state index contributed by atoms with van der Waals surface area (Å²) in [5.74, 6) is 0.275. The van der Waals surface area contributed by atoms with E-state index in [2.05, 4.69) is 25.7 Å². The first-order valence-electron chi connectivity index (χ1n) is 6.18. The first-order chi connectivity index (χ1) is 7.28. The third-order valence-corrected chi connectivity index (χ3v) is 3.41. The van der Waals surface area contributed by atoms with Crippen LogP contribution in [0.2, 0.25) is 0 Å². The van der Waals surface area contributed by atoms with Crippen LogP contribution < -0.4 is 0 Å². The van der Waals surface area contributed by atoms with Crippen LogP contribution >= 0.6 is 0 Å². The molecule has 0 N–H and O–H groups in total. The maximum absolute atomic E-state index is 10.9. The van der Waals surface area contributed by atoms with Crippen LogP contribution in [0.4, 0.5) is 0 Å². The standard InChI is InChI=1S/C13H23NO2/c1-10(15)7-14-8-13(9-14)5-11(6-13)16-12(2,3)4/h11H,5-9H2,1-4H3. The molecule has 16 heavy (non-hydrogen) atoms. The van der Waals surface area contributed by atoms with Crippen molar-refractivity contribution >= 4 is 5.78 Å². The minimum Gasteiger partial charge on any atom is -0.373 e. The summed E-state index contributed by atoms with van der Waals surface area (Å²) in [6.07, 6.45) is 2.80. The minimum atomic E-state index is -0.0188. The van der Waals surface area contributed by atoms with Gasteiger partial charge in [-0.25, -0.2) is 0 Å². The van der Waals surface area contributed by atoms with Gasteiger partial charge in [-0.1, -0.05) is 0 Å². The van der Waals surface area contributed by atoms with Crippen LogP contribution in [0.3, 0.4) is 0 Å². The molecule has 0 radical (unpaired) electrons. The second kappa shape index (κ2) is 3.81. The number of hydrogen-bond acceptors (Lipinski definition) is 3. The summed E-state index contributed by atoms with van der Waals surface area (Å²) in [7, 11) is 0. The molecule has 0 aromatic heterocycles. The molecular formula is C13H23NO2. The van der Waals surface area contributed by atoms with Crippen molar-refractivity contribution in [2.24, 2.45) is 5.41 Å². The van der Waals surface area contributed by atoms with Crippen molar-refractivity contribution in [3.05, 3.63) is 0 Å². The molecule has 0 aromatic rings. The fourth-order valence-electron chi connectivity index (χ4n) is 3.08. The summed E-state index contributed by atoms with van der Waals surface area (Å²) in [5, 5.41) is 0. The van der Waals surface area contributed by atoms with E-state index in [1.807, 2.05) is 0 Å². The third-order valence-electron chi connectivity index (χ3n) is 3.41. The van der Waals surface area contributed by atoms with Crippen LogP contribution in [-0.2, 0) is 9.53 Å². The van der Waals surface area contributed by atoms with Crippen molar-refractivity contribution < 1.29 is 9.53 Å². The molecule has 2 rings (SSSR count). The molecule has 3 heteroatoms. The van der Waals surface area contributed by atoms with Crippen LogP contribution in [0.5, 0.6) is 0 Å². The van der Waals surface area contributed by atoms with Crippen molar-refractivity contribution in [1.29, 1.82) is 0 Å². The summed E-state index contributed by atoms with van der Waals surface area (Å²) >= 11 is 0. The Bertz CT molecular complexity index is 279. The van der Waals surface area contributed by atoms with Crippen LogP contribution in [0.15, 0.2) is 0 Å². The van der Waals surface area contributed by atoms with E-state index >= 15 is 0 Å². The van der Waals surface area contributed by atoms with E-state index in [-0.39, 0.29) is 11.4 Å². The van der Waals surface area contributed by atoms with Gasteiger partial charge in [-0.05, 0) is 40.5 Å². The number of carbonyl (C=O) groups is 1. The Morgan fingerprint density at radius 1 is 1.38 bits per heavy atom. The second-order valence-electron chi connectivity index (χ2n) is 6.61. The highest BCUT2D eigenvalue weighted by Crippen LogP contribution is 2.50. The van der Waals surface area contributed by atoms with Gasteiger partial charge in [0.05, 0.1) is 18.2 Å². The van der Waals surface area contributed by atoms with Gasteiger partial charge in [0.15, 0.2) is 0 Å². The summed E-state index contributed by atoms with van der Waals surface area (Å²) in [6.45, 7) is 10.8. The van der Waals surface area contributed by atoms with Crippen molar-refractivity contribution in [3.8, 4) is 0 Å². The minimum absolute atomic E-state index is 0.0188. The van der Waals surface area contributed by atoms with Gasteiger partial charge < -0.3 is 4.74 Å². The quantitative estimate of drug-likeness (QED) is 0.734. The number of rotatable bonds is 3. The Labute approximate surface area is 98.1 Å². The Balaban J connectivity index is 1.68. The van der Waals surface area contributed by atoms with Gasteiger partial charge >= 0.3 is 0 Å². The fraction of sp³-hybridized carbons (Fsp3) is 0.923. The van der Waals surface area contributed by atoms with Crippen molar-refractivity contribution in [1.82, 2.24) is 4.90 Å². The molecule has 0 aromatic carbocycles. The largest absolute Gasteiger partial charge is 0.373 e. The van der Waals surface area contributed by atoms with Crippen LogP contribution in [-0.4, -0.2) is 42.0 Å². The summed E-state index contributed by atoms with van der Waals surface area (Å²) < 4.78 is 5.94. The fourth-order valence-corrected chi connectivity index (χ4v) is 3.08. The molecular weight excluding hydrogens is 202 g/mol. The lowest BCUT2D eigenvalue weighted by Gasteiger charge is -2.59.